The molecule has 0 atom stereocenters. The van der Waals surface area contributed by atoms with E-state index in [1.807, 2.05) is 50.2 Å². The summed E-state index contributed by atoms with van der Waals surface area (Å²) in [5.74, 6) is -0.342. The second-order valence-corrected chi connectivity index (χ2v) is 7.75. The van der Waals surface area contributed by atoms with Crippen LogP contribution in [-0.4, -0.2) is 48.6 Å². The number of esters is 1. The molecule has 2 aromatic rings. The summed E-state index contributed by atoms with van der Waals surface area (Å²) >= 11 is 0. The van der Waals surface area contributed by atoms with Crippen molar-refractivity contribution in [3.8, 4) is 0 Å². The first kappa shape index (κ1) is 22.0. The lowest BCUT2D eigenvalue weighted by molar-refractivity contribution is -0.153. The van der Waals surface area contributed by atoms with Crippen LogP contribution in [0.1, 0.15) is 38.7 Å². The van der Waals surface area contributed by atoms with Crippen molar-refractivity contribution < 1.29 is 14.3 Å². The number of benzene rings is 2. The van der Waals surface area contributed by atoms with Gasteiger partial charge in [-0.05, 0) is 43.9 Å². The largest absolute Gasteiger partial charge is 0.464 e. The molecule has 0 unspecified atom stereocenters. The lowest BCUT2D eigenvalue weighted by Crippen LogP contribution is -2.63. The van der Waals surface area contributed by atoms with Crippen LogP contribution in [0.25, 0.3) is 0 Å². The van der Waals surface area contributed by atoms with E-state index in [4.69, 9.17) is 4.74 Å². The number of nitrogens with zero attached hydrogens (tertiary/aromatic N) is 2. The molecule has 0 aromatic heterocycles. The van der Waals surface area contributed by atoms with Gasteiger partial charge in [0.05, 0.1) is 6.61 Å². The molecule has 1 amide bonds. The van der Waals surface area contributed by atoms with Crippen molar-refractivity contribution >= 4 is 17.6 Å². The van der Waals surface area contributed by atoms with Gasteiger partial charge in [-0.3, -0.25) is 9.69 Å². The van der Waals surface area contributed by atoms with Gasteiger partial charge in [-0.25, -0.2) is 4.79 Å². The van der Waals surface area contributed by atoms with Crippen LogP contribution >= 0.6 is 0 Å². The number of amides is 1. The third-order valence-electron chi connectivity index (χ3n) is 5.89. The van der Waals surface area contributed by atoms with Crippen LogP contribution in [0.3, 0.4) is 0 Å². The molecule has 1 heterocycles. The Kier molecular flexibility index (Phi) is 7.63. The van der Waals surface area contributed by atoms with Crippen LogP contribution in [0.15, 0.2) is 60.7 Å². The number of carbonyl (C=O) groups excluding carboxylic acids is 2. The Morgan fingerprint density at radius 3 is 2.13 bits per heavy atom. The zero-order valence-corrected chi connectivity index (χ0v) is 18.0. The number of piperidine rings is 1. The van der Waals surface area contributed by atoms with E-state index in [1.165, 1.54) is 5.56 Å². The average Bonchev–Trinajstić information content (AvgIpc) is 2.80. The van der Waals surface area contributed by atoms with Gasteiger partial charge in [0.1, 0.15) is 5.54 Å². The molecule has 0 bridgehead atoms. The minimum atomic E-state index is -0.951. The van der Waals surface area contributed by atoms with E-state index in [0.717, 1.165) is 31.7 Å². The highest BCUT2D eigenvalue weighted by molar-refractivity contribution is 6.02. The van der Waals surface area contributed by atoms with Crippen molar-refractivity contribution in [2.45, 2.75) is 45.1 Å². The Balaban J connectivity index is 1.80. The summed E-state index contributed by atoms with van der Waals surface area (Å²) in [5, 5.41) is 0. The van der Waals surface area contributed by atoms with Crippen LogP contribution in [0.4, 0.5) is 5.69 Å². The van der Waals surface area contributed by atoms with Gasteiger partial charge in [0, 0.05) is 31.7 Å². The summed E-state index contributed by atoms with van der Waals surface area (Å²) in [6.07, 6.45) is 2.46. The summed E-state index contributed by atoms with van der Waals surface area (Å²) in [4.78, 5) is 30.3. The summed E-state index contributed by atoms with van der Waals surface area (Å²) in [7, 11) is 0. The van der Waals surface area contributed by atoms with Crippen molar-refractivity contribution in [2.24, 2.45) is 0 Å². The first-order valence-corrected chi connectivity index (χ1v) is 10.9. The molecule has 0 spiro atoms. The number of hydrogen-bond acceptors (Lipinski definition) is 4. The van der Waals surface area contributed by atoms with Crippen LogP contribution in [-0.2, 0) is 20.7 Å². The summed E-state index contributed by atoms with van der Waals surface area (Å²) < 4.78 is 5.50. The van der Waals surface area contributed by atoms with Crippen molar-refractivity contribution in [1.82, 2.24) is 4.90 Å². The molecule has 5 heteroatoms. The maximum absolute atomic E-state index is 13.2. The summed E-state index contributed by atoms with van der Waals surface area (Å²) in [6.45, 7) is 6.41. The van der Waals surface area contributed by atoms with Crippen molar-refractivity contribution in [3.05, 3.63) is 66.2 Å². The summed E-state index contributed by atoms with van der Waals surface area (Å²) in [6, 6.07) is 20.0. The standard InChI is InChI=1S/C25H32N2O3/c1-3-23(28)27(22-13-9-6-10-14-22)25(24(29)30-4-2)16-19-26(20-17-25)18-15-21-11-7-5-8-12-21/h5-14H,3-4,15-20H2,1-2H3. The molecule has 2 aromatic carbocycles. The van der Waals surface area contributed by atoms with E-state index in [-0.39, 0.29) is 11.9 Å². The van der Waals surface area contributed by atoms with Crippen molar-refractivity contribution in [3.63, 3.8) is 0 Å². The SMILES string of the molecule is CCOC(=O)C1(N(C(=O)CC)c2ccccc2)CCN(CCc2ccccc2)CC1. The summed E-state index contributed by atoms with van der Waals surface area (Å²) in [5.41, 5.74) is 1.12. The predicted molar refractivity (Wildman–Crippen MR) is 119 cm³/mol. The molecule has 1 fully saturated rings. The normalized spacial score (nSPS) is 16.1. The molecule has 0 aliphatic carbocycles. The number of likely N-dealkylation sites (tertiary alicyclic amines) is 1. The van der Waals surface area contributed by atoms with E-state index in [0.29, 0.717) is 25.9 Å². The average molecular weight is 409 g/mol. The Labute approximate surface area is 179 Å². The number of para-hydroxylation sites is 1. The Bertz CT molecular complexity index is 815. The van der Waals surface area contributed by atoms with Gasteiger partial charge < -0.3 is 9.64 Å². The third kappa shape index (κ3) is 4.90. The quantitative estimate of drug-likeness (QED) is 0.618. The number of anilines is 1. The van der Waals surface area contributed by atoms with Crippen LogP contribution in [0.2, 0.25) is 0 Å². The van der Waals surface area contributed by atoms with Gasteiger partial charge in [-0.2, -0.15) is 0 Å². The number of ether oxygens (including phenoxy) is 1. The molecular weight excluding hydrogens is 376 g/mol. The lowest BCUT2D eigenvalue weighted by atomic mass is 9.84. The molecule has 5 nitrogen and oxygen atoms in total. The minimum absolute atomic E-state index is 0.0491. The molecular formula is C25H32N2O3. The van der Waals surface area contributed by atoms with Gasteiger partial charge in [0.25, 0.3) is 0 Å². The fourth-order valence-electron chi connectivity index (χ4n) is 4.23. The monoisotopic (exact) mass is 408 g/mol. The first-order chi connectivity index (χ1) is 14.6. The second kappa shape index (κ2) is 10.4. The van der Waals surface area contributed by atoms with E-state index >= 15 is 0 Å². The van der Waals surface area contributed by atoms with Crippen LogP contribution in [0.5, 0.6) is 0 Å². The Morgan fingerprint density at radius 1 is 0.967 bits per heavy atom. The second-order valence-electron chi connectivity index (χ2n) is 7.75. The molecule has 0 saturated carbocycles. The number of carbonyl (C=O) groups is 2. The van der Waals surface area contributed by atoms with Gasteiger partial charge >= 0.3 is 5.97 Å². The smallest absolute Gasteiger partial charge is 0.332 e. The van der Waals surface area contributed by atoms with E-state index < -0.39 is 5.54 Å². The van der Waals surface area contributed by atoms with Gasteiger partial charge in [-0.15, -0.1) is 0 Å². The maximum Gasteiger partial charge on any atom is 0.332 e. The van der Waals surface area contributed by atoms with Crippen LogP contribution in [0, 0.1) is 0 Å². The van der Waals surface area contributed by atoms with Crippen LogP contribution < -0.4 is 4.90 Å². The zero-order chi connectivity index (χ0) is 21.4. The minimum Gasteiger partial charge on any atom is -0.464 e. The van der Waals surface area contributed by atoms with E-state index in [2.05, 4.69) is 29.2 Å². The highest BCUT2D eigenvalue weighted by Crippen LogP contribution is 2.35. The highest BCUT2D eigenvalue weighted by atomic mass is 16.5. The molecule has 3 rings (SSSR count). The first-order valence-electron chi connectivity index (χ1n) is 10.9. The van der Waals surface area contributed by atoms with Crippen molar-refractivity contribution in [1.29, 1.82) is 0 Å². The van der Waals surface area contributed by atoms with E-state index in [9.17, 15) is 9.59 Å². The zero-order valence-electron chi connectivity index (χ0n) is 18.0. The molecule has 160 valence electrons. The molecule has 1 aliphatic rings. The number of hydrogen-bond donors (Lipinski definition) is 0. The van der Waals surface area contributed by atoms with Gasteiger partial charge in [0.15, 0.2) is 0 Å². The molecule has 0 radical (unpaired) electrons. The van der Waals surface area contributed by atoms with E-state index in [1.54, 1.807) is 4.90 Å². The molecule has 1 saturated heterocycles. The molecule has 30 heavy (non-hydrogen) atoms. The van der Waals surface area contributed by atoms with Crippen molar-refractivity contribution in [2.75, 3.05) is 31.1 Å². The Hall–Kier alpha value is -2.66. The fourth-order valence-corrected chi connectivity index (χ4v) is 4.23. The number of rotatable bonds is 8. The van der Waals surface area contributed by atoms with Gasteiger partial charge in [0.2, 0.25) is 5.91 Å². The maximum atomic E-state index is 13.2. The topological polar surface area (TPSA) is 49.9 Å². The predicted octanol–water partition coefficient (Wildman–Crippen LogP) is 4.07. The van der Waals surface area contributed by atoms with Gasteiger partial charge in [-0.1, -0.05) is 55.5 Å². The fraction of sp³-hybridized carbons (Fsp3) is 0.440. The Morgan fingerprint density at radius 2 is 1.57 bits per heavy atom. The third-order valence-corrected chi connectivity index (χ3v) is 5.89. The molecule has 1 aliphatic heterocycles. The highest BCUT2D eigenvalue weighted by Gasteiger charge is 2.49. The molecule has 0 N–H and O–H groups in total. The lowest BCUT2D eigenvalue weighted by Gasteiger charge is -2.46.